The van der Waals surface area contributed by atoms with Gasteiger partial charge in [0.1, 0.15) is 5.75 Å². The predicted molar refractivity (Wildman–Crippen MR) is 151 cm³/mol. The molecular formula is C27H34ClN7O2. The fourth-order valence-corrected chi connectivity index (χ4v) is 4.15. The Morgan fingerprint density at radius 1 is 1.03 bits per heavy atom. The van der Waals surface area contributed by atoms with E-state index >= 15 is 0 Å². The van der Waals surface area contributed by atoms with Gasteiger partial charge >= 0.3 is 0 Å². The van der Waals surface area contributed by atoms with Gasteiger partial charge in [0, 0.05) is 24.1 Å². The summed E-state index contributed by atoms with van der Waals surface area (Å²) in [7, 11) is 0. The maximum Gasteiger partial charge on any atom is 0.190 e. The summed E-state index contributed by atoms with van der Waals surface area (Å²) in [4.78, 5) is 24.4. The van der Waals surface area contributed by atoms with Gasteiger partial charge in [-0.3, -0.25) is 9.79 Å². The highest BCUT2D eigenvalue weighted by molar-refractivity contribution is 6.31. The molecule has 7 N–H and O–H groups in total. The van der Waals surface area contributed by atoms with Crippen molar-refractivity contribution in [1.82, 2.24) is 9.97 Å². The number of Topliss-reactive ketones (excluding diaryl/α,β-unsaturated/α-hetero) is 1. The van der Waals surface area contributed by atoms with E-state index < -0.39 is 0 Å². The molecule has 0 aliphatic carbocycles. The molecule has 10 heteroatoms. The molecule has 0 atom stereocenters. The van der Waals surface area contributed by atoms with Gasteiger partial charge in [0.05, 0.1) is 18.9 Å². The summed E-state index contributed by atoms with van der Waals surface area (Å²) >= 11 is 5.85. The number of ketones is 1. The van der Waals surface area contributed by atoms with Gasteiger partial charge in [-0.15, -0.1) is 0 Å². The van der Waals surface area contributed by atoms with Gasteiger partial charge in [-0.05, 0) is 49.6 Å². The van der Waals surface area contributed by atoms with Gasteiger partial charge in [-0.25, -0.2) is 9.97 Å². The van der Waals surface area contributed by atoms with Gasteiger partial charge < -0.3 is 27.3 Å². The third-order valence-electron chi connectivity index (χ3n) is 5.86. The Morgan fingerprint density at radius 2 is 1.78 bits per heavy atom. The first-order valence-corrected chi connectivity index (χ1v) is 12.7. The molecule has 1 aromatic heterocycles. The maximum atomic E-state index is 12.4. The molecule has 0 saturated heterocycles. The second-order valence-corrected chi connectivity index (χ2v) is 9.25. The minimum atomic E-state index is -0.382. The van der Waals surface area contributed by atoms with Gasteiger partial charge in [0.25, 0.3) is 0 Å². The Labute approximate surface area is 222 Å². The first-order valence-electron chi connectivity index (χ1n) is 12.3. The maximum absolute atomic E-state index is 12.4. The molecule has 0 aliphatic heterocycles. The molecule has 0 aliphatic rings. The van der Waals surface area contributed by atoms with Gasteiger partial charge in [-0.2, -0.15) is 0 Å². The lowest BCUT2D eigenvalue weighted by atomic mass is 9.98. The van der Waals surface area contributed by atoms with E-state index in [1.54, 1.807) is 6.92 Å². The molecule has 0 bridgehead atoms. The number of nitrogens with two attached hydrogens (primary N) is 3. The second-order valence-electron chi connectivity index (χ2n) is 8.89. The summed E-state index contributed by atoms with van der Waals surface area (Å²) in [5, 5.41) is 10.4. The standard InChI is InChI=1S/C27H34ClN7O2/c1-17(29)33-14-7-15-37-23-13-12-18(20-10-5-6-11-21(20)23)8-3-2-4-9-19(30)16-22(36)24-26(31)35-27(32)25(28)34-24/h5-6,10-13,30H,2-4,7-9,14-16H2,1H3,(H2,29,33)(H4,31,32,35). The third kappa shape index (κ3) is 8.15. The zero-order valence-corrected chi connectivity index (χ0v) is 21.9. The minimum absolute atomic E-state index is 0.0238. The van der Waals surface area contributed by atoms with Crippen molar-refractivity contribution in [1.29, 1.82) is 5.41 Å². The first-order chi connectivity index (χ1) is 17.8. The summed E-state index contributed by atoms with van der Waals surface area (Å²) in [5.74, 6) is 0.985. The first kappa shape index (κ1) is 27.9. The van der Waals surface area contributed by atoms with E-state index in [0.717, 1.165) is 43.2 Å². The van der Waals surface area contributed by atoms with Crippen LogP contribution in [0.3, 0.4) is 0 Å². The van der Waals surface area contributed by atoms with Gasteiger partial charge in [0.15, 0.2) is 28.3 Å². The van der Waals surface area contributed by atoms with Crippen LogP contribution in [0.15, 0.2) is 41.4 Å². The summed E-state index contributed by atoms with van der Waals surface area (Å²) < 4.78 is 6.02. The predicted octanol–water partition coefficient (Wildman–Crippen LogP) is 4.99. The van der Waals surface area contributed by atoms with E-state index in [1.807, 2.05) is 18.2 Å². The number of aliphatic imine (C=N–C) groups is 1. The van der Waals surface area contributed by atoms with E-state index in [2.05, 4.69) is 33.2 Å². The molecule has 0 spiro atoms. The molecule has 0 saturated carbocycles. The fraction of sp³-hybridized carbons (Fsp3) is 0.370. The van der Waals surface area contributed by atoms with Crippen molar-refractivity contribution in [3.05, 3.63) is 52.8 Å². The Hall–Kier alpha value is -3.72. The van der Waals surface area contributed by atoms with Crippen molar-refractivity contribution in [3.8, 4) is 5.75 Å². The number of aryl methyl sites for hydroxylation is 1. The number of fused-ring (bicyclic) bond motifs is 1. The van der Waals surface area contributed by atoms with Crippen LogP contribution < -0.4 is 21.9 Å². The van der Waals surface area contributed by atoms with Crippen LogP contribution in [-0.4, -0.2) is 40.5 Å². The number of unbranched alkanes of at least 4 members (excludes halogenated alkanes) is 2. The van der Waals surface area contributed by atoms with Crippen LogP contribution in [-0.2, 0) is 6.42 Å². The van der Waals surface area contributed by atoms with Crippen LogP contribution in [0.4, 0.5) is 11.6 Å². The summed E-state index contributed by atoms with van der Waals surface area (Å²) in [6.45, 7) is 3.02. The number of anilines is 2. The normalized spacial score (nSPS) is 11.6. The van der Waals surface area contributed by atoms with E-state index in [-0.39, 0.29) is 34.7 Å². The number of rotatable bonds is 14. The van der Waals surface area contributed by atoms with Crippen molar-refractivity contribution in [3.63, 3.8) is 0 Å². The summed E-state index contributed by atoms with van der Waals surface area (Å²) in [6.07, 6.45) is 4.94. The summed E-state index contributed by atoms with van der Waals surface area (Å²) in [5.41, 5.74) is 18.4. The average Bonchev–Trinajstić information content (AvgIpc) is 2.86. The Bertz CT molecular complexity index is 1290. The number of benzene rings is 2. The number of aromatic nitrogens is 2. The number of halogens is 1. The molecule has 0 unspecified atom stereocenters. The van der Waals surface area contributed by atoms with E-state index in [9.17, 15) is 4.79 Å². The number of nitrogens with zero attached hydrogens (tertiary/aromatic N) is 3. The monoisotopic (exact) mass is 523 g/mol. The molecule has 0 radical (unpaired) electrons. The number of hydrogen-bond donors (Lipinski definition) is 4. The number of amidine groups is 1. The Balaban J connectivity index is 1.46. The number of ether oxygens (including phenoxy) is 1. The molecule has 3 rings (SSSR count). The quantitative estimate of drug-likeness (QED) is 0.0998. The topological polar surface area (TPSA) is 166 Å². The number of carbonyl (C=O) groups excluding carboxylic acids is 1. The molecule has 2 aromatic carbocycles. The van der Waals surface area contributed by atoms with Crippen LogP contribution in [0.2, 0.25) is 5.15 Å². The van der Waals surface area contributed by atoms with Crippen LogP contribution in [0, 0.1) is 5.41 Å². The zero-order valence-electron chi connectivity index (χ0n) is 21.1. The van der Waals surface area contributed by atoms with Crippen LogP contribution in [0.1, 0.15) is 61.5 Å². The summed E-state index contributed by atoms with van der Waals surface area (Å²) in [6, 6.07) is 12.4. The molecule has 1 heterocycles. The van der Waals surface area contributed by atoms with Gasteiger partial charge in [-0.1, -0.05) is 48.4 Å². The van der Waals surface area contributed by atoms with Crippen molar-refractivity contribution in [2.45, 2.75) is 51.9 Å². The number of carbonyl (C=O) groups is 1. The van der Waals surface area contributed by atoms with Crippen molar-refractivity contribution in [2.24, 2.45) is 10.7 Å². The van der Waals surface area contributed by atoms with Gasteiger partial charge in [0.2, 0.25) is 0 Å². The highest BCUT2D eigenvalue weighted by atomic mass is 35.5. The number of nitrogen functional groups attached to an aromatic ring is 2. The lowest BCUT2D eigenvalue weighted by molar-refractivity contribution is 0.0996. The third-order valence-corrected chi connectivity index (χ3v) is 6.14. The van der Waals surface area contributed by atoms with Crippen molar-refractivity contribution >= 4 is 51.3 Å². The van der Waals surface area contributed by atoms with Crippen LogP contribution in [0.5, 0.6) is 5.75 Å². The molecule has 0 fully saturated rings. The molecule has 9 nitrogen and oxygen atoms in total. The van der Waals surface area contributed by atoms with E-state index in [4.69, 9.17) is 38.9 Å². The Kier molecular flexibility index (Phi) is 10.2. The highest BCUT2D eigenvalue weighted by Crippen LogP contribution is 2.30. The Morgan fingerprint density at radius 3 is 2.54 bits per heavy atom. The average molecular weight is 524 g/mol. The van der Waals surface area contributed by atoms with Crippen LogP contribution >= 0.6 is 11.6 Å². The molecular weight excluding hydrogens is 490 g/mol. The number of hydrogen-bond acceptors (Lipinski definition) is 8. The fourth-order valence-electron chi connectivity index (χ4n) is 4.02. The highest BCUT2D eigenvalue weighted by Gasteiger charge is 2.17. The van der Waals surface area contributed by atoms with Crippen molar-refractivity contribution in [2.75, 3.05) is 24.6 Å². The minimum Gasteiger partial charge on any atom is -0.493 e. The zero-order chi connectivity index (χ0) is 26.8. The largest absolute Gasteiger partial charge is 0.493 e. The molecule has 3 aromatic rings. The second kappa shape index (κ2) is 13.5. The van der Waals surface area contributed by atoms with Crippen molar-refractivity contribution < 1.29 is 9.53 Å². The molecule has 196 valence electrons. The number of nitrogens with one attached hydrogen (secondary N) is 1. The smallest absolute Gasteiger partial charge is 0.190 e. The molecule has 37 heavy (non-hydrogen) atoms. The van der Waals surface area contributed by atoms with E-state index in [1.165, 1.54) is 10.9 Å². The molecule has 0 amide bonds. The van der Waals surface area contributed by atoms with Crippen LogP contribution in [0.25, 0.3) is 10.8 Å². The lowest BCUT2D eigenvalue weighted by Gasteiger charge is -2.12. The SMILES string of the molecule is CC(N)=NCCCOc1ccc(CCCCCC(=N)CC(=O)c2nc(Cl)c(N)nc2N)c2ccccc12. The van der Waals surface area contributed by atoms with E-state index in [0.29, 0.717) is 31.1 Å². The lowest BCUT2D eigenvalue weighted by Crippen LogP contribution is -2.14.